The highest BCUT2D eigenvalue weighted by molar-refractivity contribution is 9.10. The van der Waals surface area contributed by atoms with Crippen LogP contribution in [0.4, 0.5) is 0 Å². The lowest BCUT2D eigenvalue weighted by atomic mass is 10.2. The average Bonchev–Trinajstić information content (AvgIpc) is 2.29. The summed E-state index contributed by atoms with van der Waals surface area (Å²) in [5.74, 6) is -1.72. The minimum Gasteiger partial charge on any atom is -0.508 e. The van der Waals surface area contributed by atoms with Crippen molar-refractivity contribution < 1.29 is 15.0 Å². The van der Waals surface area contributed by atoms with Crippen molar-refractivity contribution in [3.05, 3.63) is 55.9 Å². The van der Waals surface area contributed by atoms with Crippen LogP contribution in [0.5, 0.6) is 5.75 Å². The number of halogens is 2. The standard InChI is InChI=1S/C12H7BrClNO4/c13-8-3-6(14)1-2-9(8)15-10(12(18)19)4-7(16)5-11(15)17/h1-5,16H,(H,18,19). The van der Waals surface area contributed by atoms with E-state index in [0.29, 0.717) is 15.2 Å². The lowest BCUT2D eigenvalue weighted by Crippen LogP contribution is -2.23. The van der Waals surface area contributed by atoms with Gasteiger partial charge >= 0.3 is 5.97 Å². The second kappa shape index (κ2) is 5.07. The van der Waals surface area contributed by atoms with Crippen molar-refractivity contribution in [1.29, 1.82) is 0 Å². The predicted molar refractivity (Wildman–Crippen MR) is 73.4 cm³/mol. The molecule has 0 aliphatic carbocycles. The summed E-state index contributed by atoms with van der Waals surface area (Å²) in [5.41, 5.74) is -0.666. The highest BCUT2D eigenvalue weighted by Gasteiger charge is 2.16. The molecule has 2 aromatic rings. The van der Waals surface area contributed by atoms with Crippen molar-refractivity contribution in [2.24, 2.45) is 0 Å². The van der Waals surface area contributed by atoms with Crippen molar-refractivity contribution >= 4 is 33.5 Å². The average molecular weight is 345 g/mol. The van der Waals surface area contributed by atoms with Gasteiger partial charge in [-0.15, -0.1) is 0 Å². The Kier molecular flexibility index (Phi) is 3.64. The minimum absolute atomic E-state index is 0.326. The minimum atomic E-state index is -1.32. The molecule has 0 radical (unpaired) electrons. The van der Waals surface area contributed by atoms with Gasteiger partial charge in [-0.3, -0.25) is 9.36 Å². The normalized spacial score (nSPS) is 10.4. The number of rotatable bonds is 2. The number of carbonyl (C=O) groups is 1. The monoisotopic (exact) mass is 343 g/mol. The lowest BCUT2D eigenvalue weighted by Gasteiger charge is -2.12. The molecule has 0 unspecified atom stereocenters. The molecule has 0 aliphatic rings. The van der Waals surface area contributed by atoms with Gasteiger partial charge in [0.2, 0.25) is 0 Å². The second-order valence-electron chi connectivity index (χ2n) is 3.67. The van der Waals surface area contributed by atoms with E-state index in [1.165, 1.54) is 12.1 Å². The molecule has 1 aromatic heterocycles. The molecule has 19 heavy (non-hydrogen) atoms. The maximum atomic E-state index is 11.9. The first kappa shape index (κ1) is 13.6. The molecule has 1 heterocycles. The third kappa shape index (κ3) is 2.64. The zero-order valence-corrected chi connectivity index (χ0v) is 11.6. The van der Waals surface area contributed by atoms with Gasteiger partial charge in [0.25, 0.3) is 5.56 Å². The molecular formula is C12H7BrClNO4. The fraction of sp³-hybridized carbons (Fsp3) is 0. The van der Waals surface area contributed by atoms with Gasteiger partial charge in [0.15, 0.2) is 0 Å². The summed E-state index contributed by atoms with van der Waals surface area (Å²) in [6, 6.07) is 6.53. The van der Waals surface area contributed by atoms with E-state index >= 15 is 0 Å². The van der Waals surface area contributed by atoms with Gasteiger partial charge in [-0.1, -0.05) is 11.6 Å². The largest absolute Gasteiger partial charge is 0.508 e. The van der Waals surface area contributed by atoms with Gasteiger partial charge in [-0.2, -0.15) is 0 Å². The highest BCUT2D eigenvalue weighted by Crippen LogP contribution is 2.25. The number of hydrogen-bond acceptors (Lipinski definition) is 3. The first-order chi connectivity index (χ1) is 8.90. The second-order valence-corrected chi connectivity index (χ2v) is 4.96. The van der Waals surface area contributed by atoms with E-state index < -0.39 is 17.3 Å². The van der Waals surface area contributed by atoms with Gasteiger partial charge in [0.1, 0.15) is 11.4 Å². The summed E-state index contributed by atoms with van der Waals surface area (Å²) in [5, 5.41) is 18.9. The molecule has 0 bridgehead atoms. The van der Waals surface area contributed by atoms with Gasteiger partial charge in [0, 0.05) is 21.6 Å². The molecule has 0 atom stereocenters. The third-order valence-electron chi connectivity index (χ3n) is 2.39. The number of aromatic carboxylic acids is 1. The van der Waals surface area contributed by atoms with Crippen molar-refractivity contribution in [2.45, 2.75) is 0 Å². The first-order valence-corrected chi connectivity index (χ1v) is 6.22. The van der Waals surface area contributed by atoms with E-state index in [-0.39, 0.29) is 5.69 Å². The van der Waals surface area contributed by atoms with Crippen molar-refractivity contribution in [3.8, 4) is 11.4 Å². The maximum Gasteiger partial charge on any atom is 0.353 e. The van der Waals surface area contributed by atoms with Crippen molar-refractivity contribution in [2.75, 3.05) is 0 Å². The first-order valence-electron chi connectivity index (χ1n) is 5.05. The Morgan fingerprint density at radius 1 is 1.26 bits per heavy atom. The molecular weight excluding hydrogens is 337 g/mol. The molecule has 7 heteroatoms. The zero-order valence-electron chi connectivity index (χ0n) is 9.30. The Hall–Kier alpha value is -1.79. The SMILES string of the molecule is O=C(O)c1cc(O)cc(=O)n1-c1ccc(Cl)cc1Br. The fourth-order valence-corrected chi connectivity index (χ4v) is 2.48. The molecule has 98 valence electrons. The van der Waals surface area contributed by atoms with E-state index in [4.69, 9.17) is 16.7 Å². The number of pyridine rings is 1. The quantitative estimate of drug-likeness (QED) is 0.878. The summed E-state index contributed by atoms with van der Waals surface area (Å²) >= 11 is 9.02. The van der Waals surface area contributed by atoms with Crippen LogP contribution >= 0.6 is 27.5 Å². The van der Waals surface area contributed by atoms with Crippen LogP contribution in [-0.2, 0) is 0 Å². The molecule has 0 saturated carbocycles. The number of carboxylic acid groups (broad SMARTS) is 1. The van der Waals surface area contributed by atoms with Crippen LogP contribution in [0.2, 0.25) is 5.02 Å². The summed E-state index contributed by atoms with van der Waals surface area (Å²) in [6.07, 6.45) is 0. The summed E-state index contributed by atoms with van der Waals surface area (Å²) in [6.45, 7) is 0. The Balaban J connectivity index is 2.81. The fourth-order valence-electron chi connectivity index (χ4n) is 1.62. The van der Waals surface area contributed by atoms with Crippen LogP contribution in [-0.4, -0.2) is 20.7 Å². The van der Waals surface area contributed by atoms with Gasteiger partial charge in [0.05, 0.1) is 5.69 Å². The number of benzene rings is 1. The Bertz CT molecular complexity index is 726. The van der Waals surface area contributed by atoms with E-state index in [2.05, 4.69) is 15.9 Å². The smallest absolute Gasteiger partial charge is 0.353 e. The molecule has 1 aromatic carbocycles. The number of aromatic nitrogens is 1. The maximum absolute atomic E-state index is 11.9. The van der Waals surface area contributed by atoms with Crippen LogP contribution in [0.1, 0.15) is 10.5 Å². The highest BCUT2D eigenvalue weighted by atomic mass is 79.9. The topological polar surface area (TPSA) is 79.5 Å². The molecule has 0 aliphatic heterocycles. The van der Waals surface area contributed by atoms with E-state index in [1.54, 1.807) is 6.07 Å². The van der Waals surface area contributed by atoms with Crippen LogP contribution in [0.3, 0.4) is 0 Å². The van der Waals surface area contributed by atoms with Crippen LogP contribution in [0.15, 0.2) is 39.6 Å². The number of carboxylic acids is 1. The molecule has 0 fully saturated rings. The summed E-state index contributed by atoms with van der Waals surface area (Å²) in [7, 11) is 0. The van der Waals surface area contributed by atoms with Crippen LogP contribution < -0.4 is 5.56 Å². The number of hydrogen-bond donors (Lipinski definition) is 2. The predicted octanol–water partition coefficient (Wildman–Crippen LogP) is 2.66. The Labute approximate surface area is 120 Å². The van der Waals surface area contributed by atoms with E-state index in [1.807, 2.05) is 0 Å². The summed E-state index contributed by atoms with van der Waals surface area (Å²) in [4.78, 5) is 23.1. The zero-order chi connectivity index (χ0) is 14.2. The van der Waals surface area contributed by atoms with Crippen LogP contribution in [0.25, 0.3) is 5.69 Å². The lowest BCUT2D eigenvalue weighted by molar-refractivity contribution is 0.0686. The Morgan fingerprint density at radius 2 is 1.95 bits per heavy atom. The summed E-state index contributed by atoms with van der Waals surface area (Å²) < 4.78 is 1.44. The molecule has 0 amide bonds. The molecule has 0 saturated heterocycles. The van der Waals surface area contributed by atoms with E-state index in [9.17, 15) is 14.7 Å². The number of nitrogens with zero attached hydrogens (tertiary/aromatic N) is 1. The molecule has 2 rings (SSSR count). The van der Waals surface area contributed by atoms with E-state index in [0.717, 1.165) is 16.7 Å². The van der Waals surface area contributed by atoms with Crippen molar-refractivity contribution in [1.82, 2.24) is 4.57 Å². The number of aromatic hydroxyl groups is 1. The van der Waals surface area contributed by atoms with Gasteiger partial charge < -0.3 is 10.2 Å². The van der Waals surface area contributed by atoms with Crippen LogP contribution in [0, 0.1) is 0 Å². The van der Waals surface area contributed by atoms with Gasteiger partial charge in [-0.05, 0) is 34.1 Å². The Morgan fingerprint density at radius 3 is 2.53 bits per heavy atom. The molecule has 0 spiro atoms. The van der Waals surface area contributed by atoms with Gasteiger partial charge in [-0.25, -0.2) is 4.79 Å². The van der Waals surface area contributed by atoms with Crippen molar-refractivity contribution in [3.63, 3.8) is 0 Å². The third-order valence-corrected chi connectivity index (χ3v) is 3.26. The molecule has 2 N–H and O–H groups in total. The molecule has 5 nitrogen and oxygen atoms in total.